The molecule has 1 aliphatic heterocycles. The van der Waals surface area contributed by atoms with Crippen LogP contribution in [0.3, 0.4) is 0 Å². The molecule has 6 heteroatoms. The molecule has 1 aliphatic rings. The number of aliphatic carboxylic acids is 1. The number of carboxylic acid groups (broad SMARTS) is 1. The lowest BCUT2D eigenvalue weighted by atomic mass is 10.0. The molecule has 108 valence electrons. The zero-order valence-electron chi connectivity index (χ0n) is 11.5. The van der Waals surface area contributed by atoms with Crippen molar-refractivity contribution in [1.82, 2.24) is 10.2 Å². The Kier molecular flexibility index (Phi) is 5.79. The Hall–Kier alpha value is -1.59. The Morgan fingerprint density at radius 2 is 2.05 bits per heavy atom. The molecule has 0 aromatic carbocycles. The molecule has 0 aromatic heterocycles. The van der Waals surface area contributed by atoms with Crippen molar-refractivity contribution >= 4 is 17.8 Å². The SMILES string of the molecule is CC(CC(=O)O)CC(=O)NC(C)CN1CCCC1=O. The molecular formula is C13H22N2O4. The van der Waals surface area contributed by atoms with Gasteiger partial charge in [0, 0.05) is 38.4 Å². The van der Waals surface area contributed by atoms with Gasteiger partial charge in [-0.2, -0.15) is 0 Å². The van der Waals surface area contributed by atoms with Crippen molar-refractivity contribution in [2.45, 2.75) is 45.6 Å². The lowest BCUT2D eigenvalue weighted by Crippen LogP contribution is -2.42. The maximum absolute atomic E-state index is 11.7. The summed E-state index contributed by atoms with van der Waals surface area (Å²) < 4.78 is 0. The van der Waals surface area contributed by atoms with Crippen molar-refractivity contribution in [1.29, 1.82) is 0 Å². The van der Waals surface area contributed by atoms with Crippen LogP contribution in [-0.4, -0.2) is 46.9 Å². The summed E-state index contributed by atoms with van der Waals surface area (Å²) in [6.07, 6.45) is 1.67. The molecule has 0 spiro atoms. The van der Waals surface area contributed by atoms with Crippen molar-refractivity contribution in [2.24, 2.45) is 5.92 Å². The van der Waals surface area contributed by atoms with Crippen LogP contribution in [0, 0.1) is 5.92 Å². The highest BCUT2D eigenvalue weighted by Crippen LogP contribution is 2.10. The number of hydrogen-bond acceptors (Lipinski definition) is 3. The van der Waals surface area contributed by atoms with Gasteiger partial charge in [0.1, 0.15) is 0 Å². The van der Waals surface area contributed by atoms with E-state index in [1.165, 1.54) is 0 Å². The molecule has 1 heterocycles. The first-order chi connectivity index (χ1) is 8.88. The highest BCUT2D eigenvalue weighted by molar-refractivity contribution is 5.79. The molecule has 1 rings (SSSR count). The highest BCUT2D eigenvalue weighted by Gasteiger charge is 2.22. The number of carboxylic acids is 1. The van der Waals surface area contributed by atoms with Crippen molar-refractivity contribution in [3.63, 3.8) is 0 Å². The summed E-state index contributed by atoms with van der Waals surface area (Å²) in [4.78, 5) is 35.4. The van der Waals surface area contributed by atoms with Crippen LogP contribution in [-0.2, 0) is 14.4 Å². The van der Waals surface area contributed by atoms with Crippen LogP contribution in [0.15, 0.2) is 0 Å². The lowest BCUT2D eigenvalue weighted by Gasteiger charge is -2.22. The van der Waals surface area contributed by atoms with Gasteiger partial charge in [-0.1, -0.05) is 6.92 Å². The average Bonchev–Trinajstić information content (AvgIpc) is 2.62. The van der Waals surface area contributed by atoms with Crippen LogP contribution in [0.4, 0.5) is 0 Å². The molecule has 6 nitrogen and oxygen atoms in total. The van der Waals surface area contributed by atoms with E-state index >= 15 is 0 Å². The third-order valence-corrected chi connectivity index (χ3v) is 3.13. The number of hydrogen-bond donors (Lipinski definition) is 2. The molecule has 19 heavy (non-hydrogen) atoms. The molecule has 2 unspecified atom stereocenters. The summed E-state index contributed by atoms with van der Waals surface area (Å²) in [7, 11) is 0. The smallest absolute Gasteiger partial charge is 0.303 e. The summed E-state index contributed by atoms with van der Waals surface area (Å²) in [5.41, 5.74) is 0. The summed E-state index contributed by atoms with van der Waals surface area (Å²) in [6.45, 7) is 4.88. The number of amides is 2. The second-order valence-corrected chi connectivity index (χ2v) is 5.32. The van der Waals surface area contributed by atoms with E-state index in [1.54, 1.807) is 11.8 Å². The van der Waals surface area contributed by atoms with Gasteiger partial charge in [-0.3, -0.25) is 14.4 Å². The fourth-order valence-electron chi connectivity index (χ4n) is 2.29. The zero-order valence-corrected chi connectivity index (χ0v) is 11.5. The van der Waals surface area contributed by atoms with Crippen LogP contribution in [0.25, 0.3) is 0 Å². The van der Waals surface area contributed by atoms with Crippen molar-refractivity contribution in [3.8, 4) is 0 Å². The Morgan fingerprint density at radius 3 is 2.58 bits per heavy atom. The monoisotopic (exact) mass is 270 g/mol. The van der Waals surface area contributed by atoms with Crippen molar-refractivity contribution < 1.29 is 19.5 Å². The molecule has 2 atom stereocenters. The van der Waals surface area contributed by atoms with Gasteiger partial charge in [0.2, 0.25) is 11.8 Å². The van der Waals surface area contributed by atoms with E-state index in [4.69, 9.17) is 5.11 Å². The number of carbonyl (C=O) groups is 3. The lowest BCUT2D eigenvalue weighted by molar-refractivity contribution is -0.138. The van der Waals surface area contributed by atoms with Gasteiger partial charge in [0.05, 0.1) is 0 Å². The van der Waals surface area contributed by atoms with Gasteiger partial charge in [-0.25, -0.2) is 0 Å². The first kappa shape index (κ1) is 15.5. The third-order valence-electron chi connectivity index (χ3n) is 3.13. The second kappa shape index (κ2) is 7.11. The van der Waals surface area contributed by atoms with E-state index in [9.17, 15) is 14.4 Å². The minimum atomic E-state index is -0.893. The summed E-state index contributed by atoms with van der Waals surface area (Å²) in [5.74, 6) is -1.10. The number of rotatable bonds is 7. The van der Waals surface area contributed by atoms with E-state index in [-0.39, 0.29) is 36.6 Å². The summed E-state index contributed by atoms with van der Waals surface area (Å²) >= 11 is 0. The van der Waals surface area contributed by atoms with E-state index in [0.717, 1.165) is 13.0 Å². The van der Waals surface area contributed by atoms with Crippen molar-refractivity contribution in [2.75, 3.05) is 13.1 Å². The summed E-state index contributed by atoms with van der Waals surface area (Å²) in [6, 6.07) is -0.105. The van der Waals surface area contributed by atoms with E-state index in [2.05, 4.69) is 5.32 Å². The molecule has 0 radical (unpaired) electrons. The van der Waals surface area contributed by atoms with Gasteiger partial charge in [0.15, 0.2) is 0 Å². The van der Waals surface area contributed by atoms with E-state index in [1.807, 2.05) is 6.92 Å². The van der Waals surface area contributed by atoms with Gasteiger partial charge >= 0.3 is 5.97 Å². The Balaban J connectivity index is 2.27. The molecule has 1 saturated heterocycles. The maximum Gasteiger partial charge on any atom is 0.303 e. The number of carbonyl (C=O) groups excluding carboxylic acids is 2. The molecule has 2 N–H and O–H groups in total. The Morgan fingerprint density at radius 1 is 1.37 bits per heavy atom. The van der Waals surface area contributed by atoms with Gasteiger partial charge in [-0.15, -0.1) is 0 Å². The molecule has 0 saturated carbocycles. The fraction of sp³-hybridized carbons (Fsp3) is 0.769. The van der Waals surface area contributed by atoms with Gasteiger partial charge in [0.25, 0.3) is 0 Å². The standard InChI is InChI=1S/C13H22N2O4/c1-9(7-13(18)19)6-11(16)14-10(2)8-15-5-3-4-12(15)17/h9-10H,3-8H2,1-2H3,(H,14,16)(H,18,19). The van der Waals surface area contributed by atoms with Gasteiger partial charge in [-0.05, 0) is 19.3 Å². The van der Waals surface area contributed by atoms with Crippen LogP contribution in [0.2, 0.25) is 0 Å². The minimum Gasteiger partial charge on any atom is -0.481 e. The molecular weight excluding hydrogens is 248 g/mol. The highest BCUT2D eigenvalue weighted by atomic mass is 16.4. The maximum atomic E-state index is 11.7. The van der Waals surface area contributed by atoms with Crippen molar-refractivity contribution in [3.05, 3.63) is 0 Å². The third kappa shape index (κ3) is 5.72. The largest absolute Gasteiger partial charge is 0.481 e. The zero-order chi connectivity index (χ0) is 14.4. The molecule has 1 fully saturated rings. The quantitative estimate of drug-likeness (QED) is 0.710. The molecule has 2 amide bonds. The first-order valence-electron chi connectivity index (χ1n) is 6.67. The summed E-state index contributed by atoms with van der Waals surface area (Å²) in [5, 5.41) is 11.4. The predicted octanol–water partition coefficient (Wildman–Crippen LogP) is 0.614. The van der Waals surface area contributed by atoms with E-state index in [0.29, 0.717) is 13.0 Å². The molecule has 0 aromatic rings. The van der Waals surface area contributed by atoms with Crippen LogP contribution < -0.4 is 5.32 Å². The second-order valence-electron chi connectivity index (χ2n) is 5.32. The van der Waals surface area contributed by atoms with Crippen LogP contribution >= 0.6 is 0 Å². The number of likely N-dealkylation sites (tertiary alicyclic amines) is 1. The average molecular weight is 270 g/mol. The van der Waals surface area contributed by atoms with Gasteiger partial charge < -0.3 is 15.3 Å². The fourth-order valence-corrected chi connectivity index (χ4v) is 2.29. The van der Waals surface area contributed by atoms with Crippen LogP contribution in [0.5, 0.6) is 0 Å². The van der Waals surface area contributed by atoms with Crippen LogP contribution in [0.1, 0.15) is 39.5 Å². The molecule has 0 aliphatic carbocycles. The Bertz CT molecular complexity index is 357. The Labute approximate surface area is 113 Å². The molecule has 0 bridgehead atoms. The number of nitrogens with one attached hydrogen (secondary N) is 1. The normalized spacial score (nSPS) is 18.2. The number of nitrogens with zero attached hydrogens (tertiary/aromatic N) is 1. The predicted molar refractivity (Wildman–Crippen MR) is 69.5 cm³/mol. The first-order valence-corrected chi connectivity index (χ1v) is 6.67. The van der Waals surface area contributed by atoms with E-state index < -0.39 is 5.97 Å². The topological polar surface area (TPSA) is 86.7 Å². The minimum absolute atomic E-state index is 0.00753.